The molecule has 1 aliphatic carbocycles. The first-order chi connectivity index (χ1) is 16.8. The maximum absolute atomic E-state index is 13.7. The molecule has 0 amide bonds. The number of ether oxygens (including phenoxy) is 4. The number of methoxy groups -OCH3 is 4. The van der Waals surface area contributed by atoms with E-state index < -0.39 is 11.9 Å². The molecule has 0 saturated heterocycles. The highest BCUT2D eigenvalue weighted by Gasteiger charge is 2.42. The fraction of sp³-hybridized carbons (Fsp3) is 0.333. The third-order valence-electron chi connectivity index (χ3n) is 6.60. The third-order valence-corrected chi connectivity index (χ3v) is 6.94. The second kappa shape index (κ2) is 10.0. The maximum Gasteiger partial charge on any atom is 0.336 e. The van der Waals surface area contributed by atoms with Gasteiger partial charge in [-0.2, -0.15) is 0 Å². The summed E-state index contributed by atoms with van der Waals surface area (Å²) in [5.74, 6) is -0.0144. The zero-order valence-electron chi connectivity index (χ0n) is 20.4. The van der Waals surface area contributed by atoms with Crippen molar-refractivity contribution in [2.75, 3.05) is 28.4 Å². The molecule has 1 heterocycles. The van der Waals surface area contributed by atoms with Crippen LogP contribution in [0.1, 0.15) is 42.7 Å². The Hall–Kier alpha value is -3.45. The number of benzene rings is 2. The Balaban J connectivity index is 1.89. The SMILES string of the molecule is COC(=O)C1=C(C)NC2=C(C(=O)C[C@@H](c3ccccc3Cl)C2)[C@@H]1c1cc(OC)c(OC)c(OC)c1. The van der Waals surface area contributed by atoms with Crippen molar-refractivity contribution in [1.29, 1.82) is 0 Å². The summed E-state index contributed by atoms with van der Waals surface area (Å²) in [7, 11) is 5.90. The van der Waals surface area contributed by atoms with E-state index in [-0.39, 0.29) is 18.1 Å². The molecule has 2 aromatic carbocycles. The van der Waals surface area contributed by atoms with Crippen molar-refractivity contribution in [3.8, 4) is 17.2 Å². The largest absolute Gasteiger partial charge is 0.493 e. The van der Waals surface area contributed by atoms with Crippen LogP contribution in [0.25, 0.3) is 0 Å². The maximum atomic E-state index is 13.7. The van der Waals surface area contributed by atoms with Crippen LogP contribution in [0.2, 0.25) is 5.02 Å². The number of dihydropyridines is 1. The lowest BCUT2D eigenvalue weighted by Gasteiger charge is -2.37. The average Bonchev–Trinajstić information content (AvgIpc) is 2.86. The molecule has 0 radical (unpaired) electrons. The van der Waals surface area contributed by atoms with E-state index in [0.717, 1.165) is 11.3 Å². The van der Waals surface area contributed by atoms with Crippen LogP contribution in [0.4, 0.5) is 0 Å². The van der Waals surface area contributed by atoms with E-state index in [2.05, 4.69) is 5.32 Å². The van der Waals surface area contributed by atoms with E-state index in [9.17, 15) is 9.59 Å². The smallest absolute Gasteiger partial charge is 0.336 e. The quantitative estimate of drug-likeness (QED) is 0.568. The minimum absolute atomic E-state index is 0.0590. The van der Waals surface area contributed by atoms with Crippen LogP contribution in [0.15, 0.2) is 58.9 Å². The Morgan fingerprint density at radius 2 is 1.66 bits per heavy atom. The molecular weight excluding hydrogens is 470 g/mol. The van der Waals surface area contributed by atoms with Crippen LogP contribution >= 0.6 is 11.6 Å². The number of carbonyl (C=O) groups excluding carboxylic acids is 2. The molecule has 4 rings (SSSR count). The first kappa shape index (κ1) is 24.7. The van der Waals surface area contributed by atoms with Gasteiger partial charge in [-0.25, -0.2) is 4.79 Å². The van der Waals surface area contributed by atoms with Gasteiger partial charge >= 0.3 is 5.97 Å². The molecule has 0 saturated carbocycles. The van der Waals surface area contributed by atoms with Crippen molar-refractivity contribution >= 4 is 23.4 Å². The molecule has 1 aliphatic heterocycles. The number of allylic oxidation sites excluding steroid dienone is 3. The molecule has 0 unspecified atom stereocenters. The fourth-order valence-electron chi connectivity index (χ4n) is 5.05. The average molecular weight is 498 g/mol. The van der Waals surface area contributed by atoms with E-state index >= 15 is 0 Å². The van der Waals surface area contributed by atoms with Gasteiger partial charge in [0.25, 0.3) is 0 Å². The molecule has 0 fully saturated rings. The molecule has 0 spiro atoms. The number of nitrogens with one attached hydrogen (secondary N) is 1. The molecule has 8 heteroatoms. The highest BCUT2D eigenvalue weighted by atomic mass is 35.5. The van der Waals surface area contributed by atoms with Crippen molar-refractivity contribution in [2.24, 2.45) is 0 Å². The molecule has 2 atom stereocenters. The van der Waals surface area contributed by atoms with Gasteiger partial charge in [-0.3, -0.25) is 4.79 Å². The van der Waals surface area contributed by atoms with Crippen molar-refractivity contribution in [3.05, 3.63) is 75.1 Å². The topological polar surface area (TPSA) is 83.1 Å². The second-order valence-corrected chi connectivity index (χ2v) is 8.90. The van der Waals surface area contributed by atoms with Gasteiger partial charge in [0.15, 0.2) is 17.3 Å². The number of rotatable bonds is 6. The predicted octanol–water partition coefficient (Wildman–Crippen LogP) is 4.90. The van der Waals surface area contributed by atoms with Gasteiger partial charge in [0, 0.05) is 34.3 Å². The summed E-state index contributed by atoms with van der Waals surface area (Å²) in [4.78, 5) is 26.6. The van der Waals surface area contributed by atoms with Crippen LogP contribution in [-0.2, 0) is 14.3 Å². The molecule has 0 bridgehead atoms. The van der Waals surface area contributed by atoms with Crippen molar-refractivity contribution in [1.82, 2.24) is 5.32 Å². The third kappa shape index (κ3) is 4.36. The predicted molar refractivity (Wildman–Crippen MR) is 132 cm³/mol. The van der Waals surface area contributed by atoms with Crippen LogP contribution < -0.4 is 19.5 Å². The standard InChI is InChI=1S/C27H28ClNO6/c1-14-23(27(31)35-5)24(16-12-21(32-2)26(34-4)22(13-16)33-3)25-19(29-14)10-15(11-20(25)30)17-8-6-7-9-18(17)28/h6-9,12-13,15,24,29H,10-11H2,1-5H3/t15-,24+/m0/s1. The molecular formula is C27H28ClNO6. The number of hydrogen-bond acceptors (Lipinski definition) is 7. The summed E-state index contributed by atoms with van der Waals surface area (Å²) in [6.07, 6.45) is 0.857. The highest BCUT2D eigenvalue weighted by Crippen LogP contribution is 2.49. The lowest BCUT2D eigenvalue weighted by molar-refractivity contribution is -0.136. The van der Waals surface area contributed by atoms with Crippen molar-refractivity contribution < 1.29 is 28.5 Å². The summed E-state index contributed by atoms with van der Waals surface area (Å²) in [6.45, 7) is 1.81. The lowest BCUT2D eigenvalue weighted by atomic mass is 9.71. The van der Waals surface area contributed by atoms with Gasteiger partial charge in [0.2, 0.25) is 5.75 Å². The Morgan fingerprint density at radius 1 is 1.00 bits per heavy atom. The van der Waals surface area contributed by atoms with E-state index in [4.69, 9.17) is 30.5 Å². The number of carbonyl (C=O) groups is 2. The van der Waals surface area contributed by atoms with E-state index in [1.54, 1.807) is 12.1 Å². The Labute approximate surface area is 209 Å². The summed E-state index contributed by atoms with van der Waals surface area (Å²) in [5.41, 5.74) is 3.90. The van der Waals surface area contributed by atoms with Gasteiger partial charge in [-0.1, -0.05) is 29.8 Å². The molecule has 35 heavy (non-hydrogen) atoms. The van der Waals surface area contributed by atoms with Gasteiger partial charge in [0.1, 0.15) is 0 Å². The zero-order chi connectivity index (χ0) is 25.3. The molecule has 7 nitrogen and oxygen atoms in total. The van der Waals surface area contributed by atoms with Gasteiger partial charge < -0.3 is 24.3 Å². The minimum Gasteiger partial charge on any atom is -0.493 e. The molecule has 0 aromatic heterocycles. The van der Waals surface area contributed by atoms with Gasteiger partial charge in [0.05, 0.1) is 34.0 Å². The van der Waals surface area contributed by atoms with E-state index in [1.165, 1.54) is 28.4 Å². The van der Waals surface area contributed by atoms with Gasteiger partial charge in [-0.05, 0) is 48.6 Å². The number of halogens is 1. The number of ketones is 1. The second-order valence-electron chi connectivity index (χ2n) is 8.49. The molecule has 1 N–H and O–H groups in total. The fourth-order valence-corrected chi connectivity index (χ4v) is 5.34. The Kier molecular flexibility index (Phi) is 7.08. The molecule has 2 aromatic rings. The number of Topliss-reactive ketones (excluding diaryl/α,β-unsaturated/α-hetero) is 1. The number of esters is 1. The first-order valence-electron chi connectivity index (χ1n) is 11.2. The van der Waals surface area contributed by atoms with Crippen LogP contribution in [0.5, 0.6) is 17.2 Å². The Bertz CT molecular complexity index is 1220. The first-order valence-corrected chi connectivity index (χ1v) is 11.6. The molecule has 2 aliphatic rings. The Morgan fingerprint density at radius 3 is 2.23 bits per heavy atom. The summed E-state index contributed by atoms with van der Waals surface area (Å²) in [6, 6.07) is 11.1. The highest BCUT2D eigenvalue weighted by molar-refractivity contribution is 6.31. The van der Waals surface area contributed by atoms with Crippen LogP contribution in [0.3, 0.4) is 0 Å². The van der Waals surface area contributed by atoms with Crippen LogP contribution in [0, 0.1) is 0 Å². The van der Waals surface area contributed by atoms with E-state index in [0.29, 0.717) is 51.1 Å². The lowest BCUT2D eigenvalue weighted by Crippen LogP contribution is -2.36. The summed E-state index contributed by atoms with van der Waals surface area (Å²) < 4.78 is 21.7. The normalized spacial score (nSPS) is 19.7. The van der Waals surface area contributed by atoms with Crippen molar-refractivity contribution in [3.63, 3.8) is 0 Å². The van der Waals surface area contributed by atoms with Gasteiger partial charge in [-0.15, -0.1) is 0 Å². The summed E-state index contributed by atoms with van der Waals surface area (Å²) in [5, 5.41) is 3.95. The number of hydrogen-bond donors (Lipinski definition) is 1. The minimum atomic E-state index is -0.660. The van der Waals surface area contributed by atoms with E-state index in [1.807, 2.05) is 31.2 Å². The van der Waals surface area contributed by atoms with Crippen LogP contribution in [-0.4, -0.2) is 40.2 Å². The zero-order valence-corrected chi connectivity index (χ0v) is 21.1. The van der Waals surface area contributed by atoms with Crippen molar-refractivity contribution in [2.45, 2.75) is 31.6 Å². The monoisotopic (exact) mass is 497 g/mol. The summed E-state index contributed by atoms with van der Waals surface area (Å²) >= 11 is 6.45. The molecule has 184 valence electrons.